The van der Waals surface area contributed by atoms with Crippen LogP contribution in [0.15, 0.2) is 183 Å². The molecule has 1 heteroatoms. The molecule has 0 aliphatic carbocycles. The standard InChI is InChI=1S/C37H31N.C13H12/c1-4-10-30-23-31(16-15-26(30)2)32-19-22-37-36(24-32)27(3)35-14-9-8-13-33(35)25-38(37)34-20-17-29(18-21-34)28-11-6-5-7-12-28;1-11-7-9-13(10-8-11)12-5-3-2-4-6-12/h4-24H,3,25H2,1-2H3;2-10H,1H3/b10-4-;. The van der Waals surface area contributed by atoms with Crippen molar-refractivity contribution in [3.8, 4) is 33.4 Å². The van der Waals surface area contributed by atoms with E-state index in [4.69, 9.17) is 0 Å². The quantitative estimate of drug-likeness (QED) is 0.178. The van der Waals surface area contributed by atoms with Crippen molar-refractivity contribution in [1.29, 1.82) is 0 Å². The lowest BCUT2D eigenvalue weighted by Crippen LogP contribution is -2.16. The third kappa shape index (κ3) is 7.39. The van der Waals surface area contributed by atoms with Crippen LogP contribution in [0, 0.1) is 13.8 Å². The van der Waals surface area contributed by atoms with Crippen LogP contribution in [0.25, 0.3) is 45.0 Å². The van der Waals surface area contributed by atoms with Crippen molar-refractivity contribution in [2.24, 2.45) is 0 Å². The molecular formula is C50H43N. The van der Waals surface area contributed by atoms with Gasteiger partial charge in [-0.15, -0.1) is 0 Å². The molecule has 248 valence electrons. The number of fused-ring (bicyclic) bond motifs is 2. The van der Waals surface area contributed by atoms with E-state index in [1.165, 1.54) is 78.1 Å². The molecule has 7 aromatic rings. The zero-order valence-electron chi connectivity index (χ0n) is 29.7. The predicted octanol–water partition coefficient (Wildman–Crippen LogP) is 13.7. The normalized spacial score (nSPS) is 12.1. The number of rotatable bonds is 5. The Morgan fingerprint density at radius 1 is 0.510 bits per heavy atom. The molecule has 1 nitrogen and oxygen atoms in total. The summed E-state index contributed by atoms with van der Waals surface area (Å²) >= 11 is 0. The smallest absolute Gasteiger partial charge is 0.0494 e. The highest BCUT2D eigenvalue weighted by Gasteiger charge is 2.23. The Morgan fingerprint density at radius 2 is 1.04 bits per heavy atom. The van der Waals surface area contributed by atoms with Crippen LogP contribution in [0.5, 0.6) is 0 Å². The fourth-order valence-electron chi connectivity index (χ4n) is 6.80. The molecule has 0 radical (unpaired) electrons. The molecule has 0 amide bonds. The van der Waals surface area contributed by atoms with Gasteiger partial charge < -0.3 is 4.90 Å². The molecule has 0 spiro atoms. The molecule has 0 N–H and O–H groups in total. The first-order valence-corrected chi connectivity index (χ1v) is 17.7. The van der Waals surface area contributed by atoms with Crippen LogP contribution in [-0.2, 0) is 6.54 Å². The topological polar surface area (TPSA) is 3.24 Å². The molecule has 0 saturated heterocycles. The Kier molecular flexibility index (Phi) is 9.90. The van der Waals surface area contributed by atoms with Crippen molar-refractivity contribution in [2.45, 2.75) is 27.3 Å². The summed E-state index contributed by atoms with van der Waals surface area (Å²) in [4.78, 5) is 2.42. The zero-order chi connectivity index (χ0) is 35.2. The highest BCUT2D eigenvalue weighted by atomic mass is 15.1. The Bertz CT molecular complexity index is 2290. The second kappa shape index (κ2) is 15.2. The highest BCUT2D eigenvalue weighted by Crippen LogP contribution is 2.43. The number of hydrogen-bond acceptors (Lipinski definition) is 1. The third-order valence-electron chi connectivity index (χ3n) is 9.69. The molecule has 0 atom stereocenters. The van der Waals surface area contributed by atoms with Crippen LogP contribution in [-0.4, -0.2) is 0 Å². The second-order valence-electron chi connectivity index (χ2n) is 13.2. The van der Waals surface area contributed by atoms with Gasteiger partial charge in [0.1, 0.15) is 0 Å². The van der Waals surface area contributed by atoms with Gasteiger partial charge in [-0.25, -0.2) is 0 Å². The first-order valence-electron chi connectivity index (χ1n) is 17.7. The summed E-state index contributed by atoms with van der Waals surface area (Å²) in [5.41, 5.74) is 18.4. The van der Waals surface area contributed by atoms with E-state index in [0.717, 1.165) is 12.1 Å². The SMILES string of the molecule is C=C1c2ccccc2CN(c2ccc(-c3ccccc3)cc2)c2ccc(-c3ccc(C)c(/C=C\C)c3)cc21.Cc1ccc(-c2ccccc2)cc1. The first-order chi connectivity index (χ1) is 25.0. The maximum absolute atomic E-state index is 4.60. The molecule has 0 aromatic heterocycles. The average Bonchev–Trinajstić information content (AvgIpc) is 3.31. The number of anilines is 2. The third-order valence-corrected chi connectivity index (χ3v) is 9.69. The Labute approximate surface area is 303 Å². The van der Waals surface area contributed by atoms with E-state index in [1.54, 1.807) is 0 Å². The van der Waals surface area contributed by atoms with Gasteiger partial charge >= 0.3 is 0 Å². The van der Waals surface area contributed by atoms with Crippen LogP contribution in [0.4, 0.5) is 11.4 Å². The summed E-state index contributed by atoms with van der Waals surface area (Å²) in [5.74, 6) is 0. The lowest BCUT2D eigenvalue weighted by atomic mass is 9.92. The van der Waals surface area contributed by atoms with Gasteiger partial charge in [-0.1, -0.05) is 164 Å². The van der Waals surface area contributed by atoms with Crippen LogP contribution in [0.3, 0.4) is 0 Å². The summed E-state index contributed by atoms with van der Waals surface area (Å²) in [6, 6.07) is 60.7. The Hall–Kier alpha value is -6.18. The molecule has 0 unspecified atom stereocenters. The highest BCUT2D eigenvalue weighted by molar-refractivity contribution is 5.92. The van der Waals surface area contributed by atoms with Crippen molar-refractivity contribution in [3.63, 3.8) is 0 Å². The molecule has 8 rings (SSSR count). The summed E-state index contributed by atoms with van der Waals surface area (Å²) in [5, 5.41) is 0. The van der Waals surface area contributed by atoms with Crippen molar-refractivity contribution >= 4 is 23.0 Å². The van der Waals surface area contributed by atoms with Gasteiger partial charge in [-0.2, -0.15) is 0 Å². The molecule has 1 aliphatic heterocycles. The zero-order valence-corrected chi connectivity index (χ0v) is 29.7. The number of nitrogens with zero attached hydrogens (tertiary/aromatic N) is 1. The second-order valence-corrected chi connectivity index (χ2v) is 13.2. The maximum Gasteiger partial charge on any atom is 0.0494 e. The van der Waals surface area contributed by atoms with Crippen LogP contribution < -0.4 is 4.90 Å². The van der Waals surface area contributed by atoms with E-state index in [-0.39, 0.29) is 0 Å². The van der Waals surface area contributed by atoms with E-state index in [1.807, 2.05) is 6.07 Å². The summed E-state index contributed by atoms with van der Waals surface area (Å²) in [6.07, 6.45) is 4.28. The summed E-state index contributed by atoms with van der Waals surface area (Å²) in [7, 11) is 0. The van der Waals surface area contributed by atoms with Gasteiger partial charge in [-0.05, 0) is 112 Å². The molecule has 1 aliphatic rings. The summed E-state index contributed by atoms with van der Waals surface area (Å²) in [6.45, 7) is 11.7. The van der Waals surface area contributed by atoms with Gasteiger partial charge in [0.25, 0.3) is 0 Å². The fraction of sp³-hybridized carbons (Fsp3) is 0.0800. The minimum atomic E-state index is 0.794. The summed E-state index contributed by atoms with van der Waals surface area (Å²) < 4.78 is 0. The molecule has 0 saturated carbocycles. The Morgan fingerprint density at radius 3 is 1.69 bits per heavy atom. The van der Waals surface area contributed by atoms with Crippen molar-refractivity contribution in [3.05, 3.63) is 216 Å². The fourth-order valence-corrected chi connectivity index (χ4v) is 6.80. The Balaban J connectivity index is 0.000000262. The molecule has 51 heavy (non-hydrogen) atoms. The first kappa shape index (κ1) is 33.3. The van der Waals surface area contributed by atoms with Gasteiger partial charge in [0.15, 0.2) is 0 Å². The number of allylic oxidation sites excluding steroid dienone is 1. The van der Waals surface area contributed by atoms with Gasteiger partial charge in [0, 0.05) is 23.5 Å². The van der Waals surface area contributed by atoms with E-state index < -0.39 is 0 Å². The number of hydrogen-bond donors (Lipinski definition) is 0. The molecule has 1 heterocycles. The maximum atomic E-state index is 4.60. The van der Waals surface area contributed by atoms with Crippen LogP contribution in [0.2, 0.25) is 0 Å². The molecule has 7 aromatic carbocycles. The van der Waals surface area contributed by atoms with Gasteiger partial charge in [-0.3, -0.25) is 0 Å². The average molecular weight is 658 g/mol. The van der Waals surface area contributed by atoms with E-state index in [2.05, 4.69) is 208 Å². The van der Waals surface area contributed by atoms with Gasteiger partial charge in [0.2, 0.25) is 0 Å². The van der Waals surface area contributed by atoms with E-state index >= 15 is 0 Å². The van der Waals surface area contributed by atoms with Crippen molar-refractivity contribution < 1.29 is 0 Å². The predicted molar refractivity (Wildman–Crippen MR) is 220 cm³/mol. The number of aryl methyl sites for hydroxylation is 2. The molecule has 0 fully saturated rings. The molecular weight excluding hydrogens is 615 g/mol. The largest absolute Gasteiger partial charge is 0.336 e. The monoisotopic (exact) mass is 657 g/mol. The van der Waals surface area contributed by atoms with E-state index in [0.29, 0.717) is 0 Å². The lowest BCUT2D eigenvalue weighted by molar-refractivity contribution is 0.979. The minimum absolute atomic E-state index is 0.794. The minimum Gasteiger partial charge on any atom is -0.336 e. The van der Waals surface area contributed by atoms with Crippen LogP contribution >= 0.6 is 0 Å². The number of benzene rings is 7. The lowest BCUT2D eigenvalue weighted by Gasteiger charge is -2.26. The van der Waals surface area contributed by atoms with Crippen molar-refractivity contribution in [2.75, 3.05) is 4.90 Å². The molecule has 0 bridgehead atoms. The van der Waals surface area contributed by atoms with Gasteiger partial charge in [0.05, 0.1) is 0 Å². The van der Waals surface area contributed by atoms with E-state index in [9.17, 15) is 0 Å². The van der Waals surface area contributed by atoms with Crippen LogP contribution in [0.1, 0.15) is 40.3 Å². The van der Waals surface area contributed by atoms with Crippen molar-refractivity contribution in [1.82, 2.24) is 0 Å².